The topological polar surface area (TPSA) is 80.7 Å². The van der Waals surface area contributed by atoms with E-state index in [-0.39, 0.29) is 26.8 Å². The van der Waals surface area contributed by atoms with Crippen molar-refractivity contribution in [3.8, 4) is 16.9 Å². The van der Waals surface area contributed by atoms with Gasteiger partial charge in [0.1, 0.15) is 5.75 Å². The summed E-state index contributed by atoms with van der Waals surface area (Å²) >= 11 is 6.05. The molecule has 0 aliphatic carbocycles. The van der Waals surface area contributed by atoms with Crippen molar-refractivity contribution in [1.82, 2.24) is 0 Å². The van der Waals surface area contributed by atoms with Crippen molar-refractivity contribution in [3.05, 3.63) is 47.0 Å². The molecule has 0 saturated heterocycles. The van der Waals surface area contributed by atoms with Gasteiger partial charge in [-0.05, 0) is 30.3 Å². The third-order valence-electron chi connectivity index (χ3n) is 3.32. The fourth-order valence-electron chi connectivity index (χ4n) is 2.13. The van der Waals surface area contributed by atoms with Crippen molar-refractivity contribution in [1.29, 1.82) is 0 Å². The minimum atomic E-state index is -4.64. The van der Waals surface area contributed by atoms with E-state index in [9.17, 15) is 26.4 Å². The first-order valence-electron chi connectivity index (χ1n) is 6.95. The summed E-state index contributed by atoms with van der Waals surface area (Å²) in [5.74, 6) is -1.44. The molecule has 0 aliphatic rings. The minimum Gasteiger partial charge on any atom is -0.481 e. The van der Waals surface area contributed by atoms with Gasteiger partial charge in [-0.25, -0.2) is 13.2 Å². The van der Waals surface area contributed by atoms with Crippen LogP contribution in [0.4, 0.5) is 13.2 Å². The molecule has 0 bridgehead atoms. The van der Waals surface area contributed by atoms with Crippen LogP contribution in [0, 0.1) is 0 Å². The zero-order valence-electron chi connectivity index (χ0n) is 13.2. The molecule has 2 rings (SSSR count). The lowest BCUT2D eigenvalue weighted by atomic mass is 10.0. The summed E-state index contributed by atoms with van der Waals surface area (Å²) in [6.07, 6.45) is -3.68. The van der Waals surface area contributed by atoms with Crippen molar-refractivity contribution < 1.29 is 36.2 Å². The van der Waals surface area contributed by atoms with E-state index in [0.717, 1.165) is 30.5 Å². The van der Waals surface area contributed by atoms with E-state index in [0.29, 0.717) is 0 Å². The normalized spacial score (nSPS) is 12.0. The summed E-state index contributed by atoms with van der Waals surface area (Å²) < 4.78 is 67.2. The fraction of sp³-hybridized carbons (Fsp3) is 0.188. The summed E-state index contributed by atoms with van der Waals surface area (Å²) in [7, 11) is -3.56. The highest BCUT2D eigenvalue weighted by molar-refractivity contribution is 7.90. The van der Waals surface area contributed by atoms with E-state index in [1.165, 1.54) is 12.1 Å². The SMILES string of the molecule is CS(=O)(=O)c1ccc(-c2cc(C(F)(F)F)ccc2OCC(=O)O)c(Cl)c1. The maximum atomic E-state index is 13.0. The molecule has 0 unspecified atom stereocenters. The van der Waals surface area contributed by atoms with Gasteiger partial charge < -0.3 is 9.84 Å². The number of benzene rings is 2. The predicted molar refractivity (Wildman–Crippen MR) is 88.1 cm³/mol. The predicted octanol–water partition coefficient (Wildman–Crippen LogP) is 3.89. The van der Waals surface area contributed by atoms with Crippen LogP contribution in [0.1, 0.15) is 5.56 Å². The third-order valence-corrected chi connectivity index (χ3v) is 4.74. The second-order valence-electron chi connectivity index (χ2n) is 5.30. The van der Waals surface area contributed by atoms with Crippen LogP contribution in [0.5, 0.6) is 5.75 Å². The number of carbonyl (C=O) groups is 1. The molecule has 0 radical (unpaired) electrons. The standard InChI is InChI=1S/C16H12ClF3O5S/c1-26(23,24)10-3-4-11(13(17)7-10)12-6-9(16(18,19)20)2-5-14(12)25-8-15(21)22/h2-7H,8H2,1H3,(H,21,22). The van der Waals surface area contributed by atoms with Crippen molar-refractivity contribution in [2.24, 2.45) is 0 Å². The zero-order valence-corrected chi connectivity index (χ0v) is 14.7. The van der Waals surface area contributed by atoms with Crippen LogP contribution in [0.3, 0.4) is 0 Å². The first kappa shape index (κ1) is 20.1. The number of halogens is 4. The lowest BCUT2D eigenvalue weighted by Crippen LogP contribution is -2.11. The van der Waals surface area contributed by atoms with E-state index < -0.39 is 34.2 Å². The van der Waals surface area contributed by atoms with Gasteiger partial charge in [-0.1, -0.05) is 17.7 Å². The van der Waals surface area contributed by atoms with E-state index in [1.54, 1.807) is 0 Å². The Morgan fingerprint density at radius 2 is 1.81 bits per heavy atom. The van der Waals surface area contributed by atoms with Gasteiger partial charge >= 0.3 is 12.1 Å². The summed E-state index contributed by atoms with van der Waals surface area (Å²) in [4.78, 5) is 10.6. The number of ether oxygens (including phenoxy) is 1. The number of aliphatic carboxylic acids is 1. The second-order valence-corrected chi connectivity index (χ2v) is 7.73. The molecule has 0 aromatic heterocycles. The van der Waals surface area contributed by atoms with Gasteiger partial charge in [0.2, 0.25) is 0 Å². The minimum absolute atomic E-state index is 0.0746. The quantitative estimate of drug-likeness (QED) is 0.811. The van der Waals surface area contributed by atoms with Crippen LogP contribution in [0.15, 0.2) is 41.3 Å². The largest absolute Gasteiger partial charge is 0.481 e. The molecule has 0 fully saturated rings. The van der Waals surface area contributed by atoms with Crippen LogP contribution < -0.4 is 4.74 Å². The molecule has 0 spiro atoms. The summed E-state index contributed by atoms with van der Waals surface area (Å²) in [5, 5.41) is 8.58. The summed E-state index contributed by atoms with van der Waals surface area (Å²) in [6.45, 7) is -0.766. The molecule has 0 amide bonds. The van der Waals surface area contributed by atoms with Crippen LogP contribution in [0.25, 0.3) is 11.1 Å². The number of alkyl halides is 3. The molecule has 0 atom stereocenters. The Hall–Kier alpha value is -2.26. The lowest BCUT2D eigenvalue weighted by Gasteiger charge is -2.15. The molecule has 2 aromatic carbocycles. The van der Waals surface area contributed by atoms with E-state index in [2.05, 4.69) is 0 Å². The molecular weight excluding hydrogens is 397 g/mol. The monoisotopic (exact) mass is 408 g/mol. The number of carboxylic acids is 1. The molecule has 140 valence electrons. The van der Waals surface area contributed by atoms with Gasteiger partial charge in [0.25, 0.3) is 0 Å². The molecule has 0 aliphatic heterocycles. The van der Waals surface area contributed by atoms with Gasteiger partial charge in [0.05, 0.1) is 10.5 Å². The Morgan fingerprint density at radius 3 is 2.31 bits per heavy atom. The Bertz CT molecular complexity index is 955. The van der Waals surface area contributed by atoms with Gasteiger partial charge in [0.15, 0.2) is 16.4 Å². The van der Waals surface area contributed by atoms with Crippen molar-refractivity contribution in [3.63, 3.8) is 0 Å². The average Bonchev–Trinajstić information content (AvgIpc) is 2.51. The average molecular weight is 409 g/mol. The van der Waals surface area contributed by atoms with E-state index in [4.69, 9.17) is 21.4 Å². The Balaban J connectivity index is 2.63. The molecule has 2 aromatic rings. The molecule has 5 nitrogen and oxygen atoms in total. The van der Waals surface area contributed by atoms with Crippen molar-refractivity contribution in [2.75, 3.05) is 12.9 Å². The van der Waals surface area contributed by atoms with Crippen LogP contribution in [-0.2, 0) is 20.8 Å². The lowest BCUT2D eigenvalue weighted by molar-refractivity contribution is -0.140. The highest BCUT2D eigenvalue weighted by Crippen LogP contribution is 2.40. The Labute approximate surface area is 151 Å². The second kappa shape index (κ2) is 7.16. The van der Waals surface area contributed by atoms with Crippen molar-refractivity contribution >= 4 is 27.4 Å². The molecule has 0 heterocycles. The zero-order chi connectivity index (χ0) is 19.7. The van der Waals surface area contributed by atoms with E-state index >= 15 is 0 Å². The molecule has 10 heteroatoms. The van der Waals surface area contributed by atoms with Crippen molar-refractivity contribution in [2.45, 2.75) is 11.1 Å². The van der Waals surface area contributed by atoms with Crippen LogP contribution in [-0.4, -0.2) is 32.4 Å². The summed E-state index contributed by atoms with van der Waals surface area (Å²) in [6, 6.07) is 6.03. The highest BCUT2D eigenvalue weighted by atomic mass is 35.5. The van der Waals surface area contributed by atoms with E-state index in [1.807, 2.05) is 0 Å². The first-order valence-corrected chi connectivity index (χ1v) is 9.22. The number of rotatable bonds is 5. The molecular formula is C16H12ClF3O5S. The first-order chi connectivity index (χ1) is 11.9. The maximum Gasteiger partial charge on any atom is 0.416 e. The summed E-state index contributed by atoms with van der Waals surface area (Å²) in [5.41, 5.74) is -1.02. The number of hydrogen-bond donors (Lipinski definition) is 1. The smallest absolute Gasteiger partial charge is 0.416 e. The van der Waals surface area contributed by atoms with Crippen LogP contribution in [0.2, 0.25) is 5.02 Å². The maximum absolute atomic E-state index is 13.0. The third kappa shape index (κ3) is 4.67. The molecule has 26 heavy (non-hydrogen) atoms. The fourth-order valence-corrected chi connectivity index (χ4v) is 3.12. The molecule has 1 N–H and O–H groups in total. The Kier molecular flexibility index (Phi) is 5.52. The highest BCUT2D eigenvalue weighted by Gasteiger charge is 2.31. The number of sulfone groups is 1. The Morgan fingerprint density at radius 1 is 1.15 bits per heavy atom. The number of carboxylic acid groups (broad SMARTS) is 1. The van der Waals surface area contributed by atoms with Gasteiger partial charge in [-0.3, -0.25) is 0 Å². The number of hydrogen-bond acceptors (Lipinski definition) is 4. The van der Waals surface area contributed by atoms with Gasteiger partial charge in [0, 0.05) is 22.4 Å². The van der Waals surface area contributed by atoms with Crippen LogP contribution >= 0.6 is 11.6 Å². The van der Waals surface area contributed by atoms with Gasteiger partial charge in [-0.2, -0.15) is 13.2 Å². The van der Waals surface area contributed by atoms with Gasteiger partial charge in [-0.15, -0.1) is 0 Å². The molecule has 0 saturated carbocycles.